The molecular formula is C19H24N2O8. The third kappa shape index (κ3) is 3.99. The van der Waals surface area contributed by atoms with Gasteiger partial charge in [0.2, 0.25) is 0 Å². The van der Waals surface area contributed by atoms with Gasteiger partial charge in [-0.2, -0.15) is 4.74 Å². The van der Waals surface area contributed by atoms with Crippen molar-refractivity contribution >= 4 is 11.9 Å². The van der Waals surface area contributed by atoms with Crippen LogP contribution < -0.4 is 0 Å². The van der Waals surface area contributed by atoms with Crippen molar-refractivity contribution in [1.82, 2.24) is 0 Å². The van der Waals surface area contributed by atoms with E-state index in [-0.39, 0.29) is 5.69 Å². The number of hydrogen-bond acceptors (Lipinski definition) is 8. The molecule has 29 heavy (non-hydrogen) atoms. The summed E-state index contributed by atoms with van der Waals surface area (Å²) in [7, 11) is 0. The molecule has 3 heterocycles. The second-order valence-corrected chi connectivity index (χ2v) is 8.26. The number of fused-ring (bicyclic) bond motifs is 1. The number of ether oxygens (including phenoxy) is 5. The van der Waals surface area contributed by atoms with Crippen molar-refractivity contribution in [2.75, 3.05) is 6.61 Å². The molecule has 4 rings (SSSR count). The number of rotatable bonds is 4. The standard InChI is InChI=1S/C19H24N2O8/c1-18(2)25-10-13(27-18)14-15-16(29-19(3,4)28-15)17(26-14)20(22)9-11-5-7-12(8-6-11)21(23)24/h5-9,13-17H,10H2,1-4H3/b20-9-/t13-,14-,15+,16+,17-/m1/s1. The van der Waals surface area contributed by atoms with Crippen LogP contribution in [0, 0.1) is 15.3 Å². The number of nitro benzene ring substituents is 1. The quantitative estimate of drug-likeness (QED) is 0.244. The first-order chi connectivity index (χ1) is 13.5. The van der Waals surface area contributed by atoms with E-state index in [0.717, 1.165) is 0 Å². The molecule has 0 radical (unpaired) electrons. The van der Waals surface area contributed by atoms with Gasteiger partial charge in [-0.1, -0.05) is 0 Å². The van der Waals surface area contributed by atoms with Gasteiger partial charge in [0.1, 0.15) is 18.3 Å². The van der Waals surface area contributed by atoms with E-state index in [9.17, 15) is 15.3 Å². The summed E-state index contributed by atoms with van der Waals surface area (Å²) in [6, 6.07) is 5.68. The third-order valence-corrected chi connectivity index (χ3v) is 5.09. The van der Waals surface area contributed by atoms with E-state index >= 15 is 0 Å². The van der Waals surface area contributed by atoms with Crippen LogP contribution in [0.3, 0.4) is 0 Å². The molecule has 3 fully saturated rings. The topological polar surface area (TPSA) is 115 Å². The van der Waals surface area contributed by atoms with E-state index in [4.69, 9.17) is 23.7 Å². The average Bonchev–Trinajstić information content (AvgIpc) is 3.24. The van der Waals surface area contributed by atoms with Gasteiger partial charge in [0, 0.05) is 17.7 Å². The number of benzene rings is 1. The molecule has 0 amide bonds. The maximum absolute atomic E-state index is 12.9. The summed E-state index contributed by atoms with van der Waals surface area (Å²) >= 11 is 0. The van der Waals surface area contributed by atoms with E-state index in [1.807, 2.05) is 13.8 Å². The number of nitro groups is 1. The first kappa shape index (κ1) is 20.2. The van der Waals surface area contributed by atoms with E-state index in [0.29, 0.717) is 16.9 Å². The van der Waals surface area contributed by atoms with E-state index < -0.39 is 47.1 Å². The number of non-ortho nitro benzene ring substituents is 1. The lowest BCUT2D eigenvalue weighted by molar-refractivity contribution is -0.562. The zero-order valence-electron chi connectivity index (χ0n) is 16.6. The maximum atomic E-state index is 12.9. The highest BCUT2D eigenvalue weighted by atomic mass is 16.8. The molecule has 0 aromatic heterocycles. The highest BCUT2D eigenvalue weighted by molar-refractivity contribution is 5.76. The summed E-state index contributed by atoms with van der Waals surface area (Å²) in [6.07, 6.45) is -1.66. The molecule has 0 spiro atoms. The van der Waals surface area contributed by atoms with Gasteiger partial charge in [-0.3, -0.25) is 10.1 Å². The van der Waals surface area contributed by atoms with Crippen LogP contribution in [-0.2, 0) is 23.7 Å². The molecule has 0 bridgehead atoms. The van der Waals surface area contributed by atoms with Crippen LogP contribution in [0.5, 0.6) is 0 Å². The summed E-state index contributed by atoms with van der Waals surface area (Å²) in [6.45, 7) is 7.52. The Morgan fingerprint density at radius 1 is 0.966 bits per heavy atom. The van der Waals surface area contributed by atoms with E-state index in [1.54, 1.807) is 13.8 Å². The van der Waals surface area contributed by atoms with Gasteiger partial charge in [0.15, 0.2) is 23.9 Å². The van der Waals surface area contributed by atoms with Crippen molar-refractivity contribution < 1.29 is 33.3 Å². The Balaban J connectivity index is 1.57. The minimum Gasteiger partial charge on any atom is -0.622 e. The molecule has 1 aromatic rings. The summed E-state index contributed by atoms with van der Waals surface area (Å²) in [4.78, 5) is 10.3. The van der Waals surface area contributed by atoms with Gasteiger partial charge in [0.05, 0.1) is 11.5 Å². The summed E-state index contributed by atoms with van der Waals surface area (Å²) in [5.74, 6) is -1.60. The van der Waals surface area contributed by atoms with Crippen molar-refractivity contribution in [2.45, 2.75) is 69.9 Å². The number of nitrogens with zero attached hydrogens (tertiary/aromatic N) is 2. The normalized spacial score (nSPS) is 35.6. The molecule has 0 unspecified atom stereocenters. The van der Waals surface area contributed by atoms with Gasteiger partial charge in [-0.05, 0) is 39.8 Å². The van der Waals surface area contributed by atoms with E-state index in [2.05, 4.69) is 0 Å². The molecule has 5 atom stereocenters. The maximum Gasteiger partial charge on any atom is 0.297 e. The Bertz CT molecular complexity index is 822. The summed E-state index contributed by atoms with van der Waals surface area (Å²) < 4.78 is 30.2. The minimum atomic E-state index is -0.950. The molecule has 3 aliphatic heterocycles. The van der Waals surface area contributed by atoms with Crippen LogP contribution in [0.1, 0.15) is 33.3 Å². The second-order valence-electron chi connectivity index (χ2n) is 8.26. The highest BCUT2D eigenvalue weighted by Gasteiger charge is 2.62. The minimum absolute atomic E-state index is 0.0490. The van der Waals surface area contributed by atoms with Gasteiger partial charge in [-0.15, -0.1) is 0 Å². The Morgan fingerprint density at radius 3 is 2.21 bits per heavy atom. The second kappa shape index (κ2) is 6.99. The highest BCUT2D eigenvalue weighted by Crippen LogP contribution is 2.42. The fourth-order valence-corrected chi connectivity index (χ4v) is 3.89. The SMILES string of the molecule is CC1(C)O[C@@H]2[C@H](O1)[C@H](/[N+]([O-])=C/c1ccc([N+](=O)[O-])cc1)O[C@@H]2[C@H]1COC(C)(C)O1. The van der Waals surface area contributed by atoms with Gasteiger partial charge >= 0.3 is 0 Å². The molecule has 0 N–H and O–H groups in total. The Labute approximate surface area is 167 Å². The molecular weight excluding hydrogens is 384 g/mol. The molecule has 1 aromatic carbocycles. The van der Waals surface area contributed by atoms with Crippen molar-refractivity contribution in [3.63, 3.8) is 0 Å². The molecule has 0 aliphatic carbocycles. The monoisotopic (exact) mass is 408 g/mol. The molecule has 0 saturated carbocycles. The lowest BCUT2D eigenvalue weighted by Gasteiger charge is -2.26. The zero-order valence-corrected chi connectivity index (χ0v) is 16.6. The van der Waals surface area contributed by atoms with Gasteiger partial charge in [-0.25, -0.2) is 0 Å². The smallest absolute Gasteiger partial charge is 0.297 e. The van der Waals surface area contributed by atoms with Crippen LogP contribution in [0.2, 0.25) is 0 Å². The van der Waals surface area contributed by atoms with Crippen LogP contribution in [0.15, 0.2) is 24.3 Å². The van der Waals surface area contributed by atoms with Crippen molar-refractivity contribution in [1.29, 1.82) is 0 Å². The Morgan fingerprint density at radius 2 is 1.62 bits per heavy atom. The average molecular weight is 408 g/mol. The van der Waals surface area contributed by atoms with Gasteiger partial charge < -0.3 is 28.9 Å². The lowest BCUT2D eigenvalue weighted by atomic mass is 10.1. The molecule has 10 heteroatoms. The zero-order chi connectivity index (χ0) is 21.0. The van der Waals surface area contributed by atoms with Crippen LogP contribution >= 0.6 is 0 Å². The number of hydroxylamine groups is 1. The predicted octanol–water partition coefficient (Wildman–Crippen LogP) is 1.92. The van der Waals surface area contributed by atoms with Crippen molar-refractivity contribution in [3.05, 3.63) is 45.2 Å². The Kier molecular flexibility index (Phi) is 4.87. The Hall–Kier alpha value is -2.11. The van der Waals surface area contributed by atoms with Gasteiger partial charge in [0.25, 0.3) is 11.9 Å². The van der Waals surface area contributed by atoms with E-state index in [1.165, 1.54) is 30.5 Å². The van der Waals surface area contributed by atoms with Crippen LogP contribution in [0.4, 0.5) is 5.69 Å². The molecule has 10 nitrogen and oxygen atoms in total. The summed E-state index contributed by atoms with van der Waals surface area (Å²) in [5, 5.41) is 23.7. The fourth-order valence-electron chi connectivity index (χ4n) is 3.89. The third-order valence-electron chi connectivity index (χ3n) is 5.09. The van der Waals surface area contributed by atoms with Crippen LogP contribution in [0.25, 0.3) is 0 Å². The molecule has 3 aliphatic rings. The van der Waals surface area contributed by atoms with Crippen LogP contribution in [-0.4, -0.2) is 64.7 Å². The fraction of sp³-hybridized carbons (Fsp3) is 0.632. The van der Waals surface area contributed by atoms with Crippen molar-refractivity contribution in [2.24, 2.45) is 0 Å². The summed E-state index contributed by atoms with van der Waals surface area (Å²) in [5.41, 5.74) is 0.459. The predicted molar refractivity (Wildman–Crippen MR) is 99.3 cm³/mol. The molecule has 158 valence electrons. The lowest BCUT2D eigenvalue weighted by Crippen LogP contribution is -2.40. The number of hydrogen-bond donors (Lipinski definition) is 0. The first-order valence-electron chi connectivity index (χ1n) is 9.42. The van der Waals surface area contributed by atoms with Crippen molar-refractivity contribution in [3.8, 4) is 0 Å². The molecule has 3 saturated heterocycles. The largest absolute Gasteiger partial charge is 0.622 e. The first-order valence-corrected chi connectivity index (χ1v) is 9.42.